The van der Waals surface area contributed by atoms with Gasteiger partial charge >= 0.3 is 0 Å². The van der Waals surface area contributed by atoms with Gasteiger partial charge in [-0.2, -0.15) is 0 Å². The number of aromatic nitrogens is 1. The van der Waals surface area contributed by atoms with Gasteiger partial charge in [0.1, 0.15) is 5.69 Å². The molecule has 1 aliphatic rings. The normalized spacial score (nSPS) is 23.2. The number of carbonyl (C=O) groups excluding carboxylic acids is 1. The number of hydrogen-bond acceptors (Lipinski definition) is 2. The minimum absolute atomic E-state index is 0.0347. The number of rotatable bonds is 5. The molecule has 4 nitrogen and oxygen atoms in total. The van der Waals surface area contributed by atoms with E-state index in [2.05, 4.69) is 12.2 Å². The van der Waals surface area contributed by atoms with E-state index in [9.17, 15) is 9.90 Å². The second kappa shape index (κ2) is 6.05. The first-order valence-corrected chi connectivity index (χ1v) is 6.83. The maximum Gasteiger partial charge on any atom is 0.267 e. The third-order valence-electron chi connectivity index (χ3n) is 3.67. The van der Waals surface area contributed by atoms with E-state index in [1.54, 1.807) is 0 Å². The van der Waals surface area contributed by atoms with E-state index < -0.39 is 0 Å². The highest BCUT2D eigenvalue weighted by atomic mass is 16.3. The zero-order valence-electron chi connectivity index (χ0n) is 10.9. The fourth-order valence-electron chi connectivity index (χ4n) is 2.63. The average molecular weight is 250 g/mol. The summed E-state index contributed by atoms with van der Waals surface area (Å²) < 4.78 is 1.97. The summed E-state index contributed by atoms with van der Waals surface area (Å²) in [6.45, 7) is 3.54. The maximum atomic E-state index is 12.1. The Morgan fingerprint density at radius 1 is 1.56 bits per heavy atom. The number of amides is 1. The van der Waals surface area contributed by atoms with Crippen LogP contribution in [0.2, 0.25) is 0 Å². The van der Waals surface area contributed by atoms with Crippen molar-refractivity contribution in [2.75, 3.05) is 6.54 Å². The van der Waals surface area contributed by atoms with E-state index in [0.29, 0.717) is 12.2 Å². The van der Waals surface area contributed by atoms with Gasteiger partial charge in [0.15, 0.2) is 0 Å². The van der Waals surface area contributed by atoms with Crippen molar-refractivity contribution < 1.29 is 9.90 Å². The summed E-state index contributed by atoms with van der Waals surface area (Å²) in [6, 6.07) is 3.74. The van der Waals surface area contributed by atoms with Crippen LogP contribution in [0, 0.1) is 5.92 Å². The Labute approximate surface area is 108 Å². The number of aliphatic hydroxyl groups excluding tert-OH is 1. The van der Waals surface area contributed by atoms with E-state index in [1.807, 2.05) is 22.9 Å². The second-order valence-corrected chi connectivity index (χ2v) is 5.06. The summed E-state index contributed by atoms with van der Waals surface area (Å²) in [4.78, 5) is 12.1. The molecule has 2 unspecified atom stereocenters. The van der Waals surface area contributed by atoms with E-state index in [1.165, 1.54) is 0 Å². The lowest BCUT2D eigenvalue weighted by Gasteiger charge is -2.15. The molecule has 0 aliphatic heterocycles. The minimum atomic E-state index is -0.243. The van der Waals surface area contributed by atoms with Crippen molar-refractivity contribution in [3.63, 3.8) is 0 Å². The smallest absolute Gasteiger partial charge is 0.267 e. The van der Waals surface area contributed by atoms with Crippen LogP contribution in [-0.2, 0) is 6.54 Å². The Morgan fingerprint density at radius 2 is 2.39 bits per heavy atom. The van der Waals surface area contributed by atoms with Crippen LogP contribution in [0.4, 0.5) is 0 Å². The Hall–Kier alpha value is -1.29. The van der Waals surface area contributed by atoms with E-state index in [0.717, 1.165) is 32.2 Å². The highest BCUT2D eigenvalue weighted by Gasteiger charge is 2.25. The Bertz CT molecular complexity index is 400. The second-order valence-electron chi connectivity index (χ2n) is 5.06. The molecule has 2 atom stereocenters. The maximum absolute atomic E-state index is 12.1. The van der Waals surface area contributed by atoms with Crippen molar-refractivity contribution in [2.24, 2.45) is 5.92 Å². The zero-order valence-corrected chi connectivity index (χ0v) is 10.9. The van der Waals surface area contributed by atoms with Crippen LogP contribution >= 0.6 is 0 Å². The quantitative estimate of drug-likeness (QED) is 0.837. The summed E-state index contributed by atoms with van der Waals surface area (Å²) in [5, 5.41) is 12.7. The van der Waals surface area contributed by atoms with Crippen LogP contribution in [-0.4, -0.2) is 28.2 Å². The molecule has 2 N–H and O–H groups in total. The van der Waals surface area contributed by atoms with Crippen LogP contribution in [0.15, 0.2) is 18.3 Å². The Kier molecular flexibility index (Phi) is 4.42. The summed E-state index contributed by atoms with van der Waals surface area (Å²) in [5.74, 6) is 0.191. The molecule has 1 aromatic heterocycles. The first-order chi connectivity index (χ1) is 8.72. The SMILES string of the molecule is CCCn1cccc1C(=O)NCC1CCCC1O. The molecule has 4 heteroatoms. The molecule has 2 rings (SSSR count). The molecule has 0 aromatic carbocycles. The molecule has 0 saturated heterocycles. The molecule has 100 valence electrons. The molecule has 0 bridgehead atoms. The third kappa shape index (κ3) is 2.93. The van der Waals surface area contributed by atoms with Crippen molar-refractivity contribution in [3.8, 4) is 0 Å². The van der Waals surface area contributed by atoms with Gasteiger partial charge in [-0.15, -0.1) is 0 Å². The molecule has 1 aromatic rings. The predicted octanol–water partition coefficient (Wildman–Crippen LogP) is 1.79. The molecular formula is C14H22N2O2. The Morgan fingerprint density at radius 3 is 3.06 bits per heavy atom. The van der Waals surface area contributed by atoms with Crippen LogP contribution < -0.4 is 5.32 Å². The van der Waals surface area contributed by atoms with Crippen LogP contribution in [0.25, 0.3) is 0 Å². The molecule has 0 spiro atoms. The topological polar surface area (TPSA) is 54.3 Å². The van der Waals surface area contributed by atoms with E-state index in [4.69, 9.17) is 0 Å². The van der Waals surface area contributed by atoms with Crippen molar-refractivity contribution in [1.82, 2.24) is 9.88 Å². The predicted molar refractivity (Wildman–Crippen MR) is 70.4 cm³/mol. The fourth-order valence-corrected chi connectivity index (χ4v) is 2.63. The van der Waals surface area contributed by atoms with Gasteiger partial charge in [-0.25, -0.2) is 0 Å². The summed E-state index contributed by atoms with van der Waals surface area (Å²) in [6.07, 6.45) is 5.64. The van der Waals surface area contributed by atoms with Crippen molar-refractivity contribution in [3.05, 3.63) is 24.0 Å². The van der Waals surface area contributed by atoms with Gasteiger partial charge in [0.05, 0.1) is 6.10 Å². The molecule has 1 heterocycles. The molecule has 1 saturated carbocycles. The van der Waals surface area contributed by atoms with Gasteiger partial charge in [-0.3, -0.25) is 4.79 Å². The monoisotopic (exact) mass is 250 g/mol. The lowest BCUT2D eigenvalue weighted by molar-refractivity contribution is 0.0908. The van der Waals surface area contributed by atoms with Gasteiger partial charge in [-0.05, 0) is 31.4 Å². The first-order valence-electron chi connectivity index (χ1n) is 6.83. The van der Waals surface area contributed by atoms with Crippen LogP contribution in [0.5, 0.6) is 0 Å². The highest BCUT2D eigenvalue weighted by molar-refractivity contribution is 5.92. The van der Waals surface area contributed by atoms with Gasteiger partial charge in [0.2, 0.25) is 0 Å². The summed E-state index contributed by atoms with van der Waals surface area (Å²) >= 11 is 0. The number of nitrogens with one attached hydrogen (secondary N) is 1. The molecule has 18 heavy (non-hydrogen) atoms. The number of hydrogen-bond donors (Lipinski definition) is 2. The number of aryl methyl sites for hydroxylation is 1. The minimum Gasteiger partial charge on any atom is -0.393 e. The summed E-state index contributed by atoms with van der Waals surface area (Å²) in [7, 11) is 0. The molecule has 1 amide bonds. The number of nitrogens with zero attached hydrogens (tertiary/aromatic N) is 1. The van der Waals surface area contributed by atoms with Gasteiger partial charge in [-0.1, -0.05) is 13.3 Å². The zero-order chi connectivity index (χ0) is 13.0. The average Bonchev–Trinajstić information content (AvgIpc) is 2.96. The molecular weight excluding hydrogens is 228 g/mol. The van der Waals surface area contributed by atoms with Crippen molar-refractivity contribution in [2.45, 2.75) is 45.3 Å². The molecule has 1 fully saturated rings. The largest absolute Gasteiger partial charge is 0.393 e. The molecule has 0 radical (unpaired) electrons. The van der Waals surface area contributed by atoms with Crippen molar-refractivity contribution >= 4 is 5.91 Å². The summed E-state index contributed by atoms with van der Waals surface area (Å²) in [5.41, 5.74) is 0.712. The van der Waals surface area contributed by atoms with Gasteiger partial charge in [0.25, 0.3) is 5.91 Å². The van der Waals surface area contributed by atoms with E-state index >= 15 is 0 Å². The lowest BCUT2D eigenvalue weighted by Crippen LogP contribution is -2.33. The third-order valence-corrected chi connectivity index (χ3v) is 3.67. The lowest BCUT2D eigenvalue weighted by atomic mass is 10.1. The Balaban J connectivity index is 1.89. The molecule has 1 aliphatic carbocycles. The van der Waals surface area contributed by atoms with E-state index in [-0.39, 0.29) is 17.9 Å². The number of carbonyl (C=O) groups is 1. The standard InChI is InChI=1S/C14H22N2O2/c1-2-8-16-9-4-6-12(16)14(18)15-10-11-5-3-7-13(11)17/h4,6,9,11,13,17H,2-3,5,7-8,10H2,1H3,(H,15,18). The van der Waals surface area contributed by atoms with Gasteiger partial charge in [0, 0.05) is 25.2 Å². The first kappa shape index (κ1) is 13.1. The number of aliphatic hydroxyl groups is 1. The van der Waals surface area contributed by atoms with Crippen LogP contribution in [0.1, 0.15) is 43.1 Å². The van der Waals surface area contributed by atoms with Crippen molar-refractivity contribution in [1.29, 1.82) is 0 Å². The van der Waals surface area contributed by atoms with Crippen LogP contribution in [0.3, 0.4) is 0 Å². The van der Waals surface area contributed by atoms with Gasteiger partial charge < -0.3 is 15.0 Å². The fraction of sp³-hybridized carbons (Fsp3) is 0.643. The highest BCUT2D eigenvalue weighted by Crippen LogP contribution is 2.24.